The van der Waals surface area contributed by atoms with Crippen LogP contribution in [0.3, 0.4) is 0 Å². The smallest absolute Gasteiger partial charge is 0.230 e. The standard InChI is InChI=1S/C21H22N2O/c1-23(2)21-19-14-18(12-13-20(19)22-24-21)17-10-8-16(9-11-17)15-6-4-3-5-7-15/h3-11,18H,12-14H2,1-2H3. The number of aromatic nitrogens is 1. The second-order valence-electron chi connectivity index (χ2n) is 6.74. The first-order valence-corrected chi connectivity index (χ1v) is 8.52. The molecule has 0 bridgehead atoms. The molecular weight excluding hydrogens is 296 g/mol. The van der Waals surface area contributed by atoms with Gasteiger partial charge in [0.2, 0.25) is 5.88 Å². The number of fused-ring (bicyclic) bond motifs is 1. The fourth-order valence-electron chi connectivity index (χ4n) is 3.61. The molecule has 1 heterocycles. The lowest BCUT2D eigenvalue weighted by Crippen LogP contribution is -2.16. The van der Waals surface area contributed by atoms with Gasteiger partial charge in [0.15, 0.2) is 0 Å². The van der Waals surface area contributed by atoms with Gasteiger partial charge in [0, 0.05) is 19.7 Å². The van der Waals surface area contributed by atoms with Crippen LogP contribution in [0.25, 0.3) is 11.1 Å². The maximum atomic E-state index is 5.52. The summed E-state index contributed by atoms with van der Waals surface area (Å²) in [5, 5.41) is 4.24. The number of hydrogen-bond donors (Lipinski definition) is 0. The van der Waals surface area contributed by atoms with Gasteiger partial charge in [-0.1, -0.05) is 59.8 Å². The summed E-state index contributed by atoms with van der Waals surface area (Å²) in [4.78, 5) is 2.02. The van der Waals surface area contributed by atoms with E-state index in [1.165, 1.54) is 22.3 Å². The SMILES string of the molecule is CN(C)c1onc2c1CC(c1ccc(-c3ccccc3)cc1)CC2. The maximum absolute atomic E-state index is 5.52. The molecule has 1 atom stereocenters. The summed E-state index contributed by atoms with van der Waals surface area (Å²) >= 11 is 0. The van der Waals surface area contributed by atoms with E-state index < -0.39 is 0 Å². The fraction of sp³-hybridized carbons (Fsp3) is 0.286. The maximum Gasteiger partial charge on any atom is 0.230 e. The lowest BCUT2D eigenvalue weighted by Gasteiger charge is -2.23. The van der Waals surface area contributed by atoms with Gasteiger partial charge in [0.1, 0.15) is 0 Å². The Morgan fingerprint density at radius 2 is 1.67 bits per heavy atom. The molecule has 4 rings (SSSR count). The first-order valence-electron chi connectivity index (χ1n) is 8.52. The Morgan fingerprint density at radius 1 is 0.958 bits per heavy atom. The lowest BCUT2D eigenvalue weighted by molar-refractivity contribution is 0.415. The van der Waals surface area contributed by atoms with Gasteiger partial charge in [-0.05, 0) is 41.9 Å². The topological polar surface area (TPSA) is 29.3 Å². The van der Waals surface area contributed by atoms with Crippen LogP contribution in [0.5, 0.6) is 0 Å². The number of rotatable bonds is 3. The predicted molar refractivity (Wildman–Crippen MR) is 97.5 cm³/mol. The highest BCUT2D eigenvalue weighted by molar-refractivity contribution is 5.63. The van der Waals surface area contributed by atoms with Gasteiger partial charge in [0.05, 0.1) is 5.69 Å². The Kier molecular flexibility index (Phi) is 3.85. The summed E-state index contributed by atoms with van der Waals surface area (Å²) < 4.78 is 5.52. The van der Waals surface area contributed by atoms with Crippen molar-refractivity contribution in [2.75, 3.05) is 19.0 Å². The molecule has 122 valence electrons. The average Bonchev–Trinajstić information content (AvgIpc) is 3.06. The van der Waals surface area contributed by atoms with E-state index in [2.05, 4.69) is 59.8 Å². The summed E-state index contributed by atoms with van der Waals surface area (Å²) in [5.41, 5.74) is 6.36. The molecule has 0 saturated carbocycles. The summed E-state index contributed by atoms with van der Waals surface area (Å²) in [5.74, 6) is 1.45. The van der Waals surface area contributed by atoms with Crippen molar-refractivity contribution in [3.63, 3.8) is 0 Å². The molecule has 3 heteroatoms. The van der Waals surface area contributed by atoms with Crippen molar-refractivity contribution < 1.29 is 4.52 Å². The average molecular weight is 318 g/mol. The largest absolute Gasteiger partial charge is 0.347 e. The van der Waals surface area contributed by atoms with Gasteiger partial charge in [-0.15, -0.1) is 0 Å². The Morgan fingerprint density at radius 3 is 2.38 bits per heavy atom. The molecule has 0 amide bonds. The summed E-state index contributed by atoms with van der Waals surface area (Å²) in [7, 11) is 4.03. The Labute approximate surface area is 142 Å². The molecule has 1 aliphatic carbocycles. The van der Waals surface area contributed by atoms with Crippen LogP contribution < -0.4 is 4.90 Å². The van der Waals surface area contributed by atoms with Crippen molar-refractivity contribution in [3.05, 3.63) is 71.4 Å². The molecule has 0 spiro atoms. The van der Waals surface area contributed by atoms with Crippen molar-refractivity contribution in [1.29, 1.82) is 0 Å². The highest BCUT2D eigenvalue weighted by Gasteiger charge is 2.27. The van der Waals surface area contributed by atoms with Crippen LogP contribution in [0.15, 0.2) is 59.1 Å². The number of benzene rings is 2. The van der Waals surface area contributed by atoms with Gasteiger partial charge >= 0.3 is 0 Å². The van der Waals surface area contributed by atoms with E-state index >= 15 is 0 Å². The minimum absolute atomic E-state index is 0.542. The second kappa shape index (κ2) is 6.16. The van der Waals surface area contributed by atoms with Crippen molar-refractivity contribution in [3.8, 4) is 11.1 Å². The third-order valence-electron chi connectivity index (χ3n) is 4.92. The molecule has 1 aliphatic rings. The normalized spacial score (nSPS) is 16.7. The molecule has 1 unspecified atom stereocenters. The van der Waals surface area contributed by atoms with Crippen molar-refractivity contribution in [1.82, 2.24) is 5.16 Å². The van der Waals surface area contributed by atoms with Crippen LogP contribution in [0.4, 0.5) is 5.88 Å². The molecule has 2 aromatic carbocycles. The highest BCUT2D eigenvalue weighted by atomic mass is 16.5. The van der Waals surface area contributed by atoms with Crippen LogP contribution in [0, 0.1) is 0 Å². The fourth-order valence-corrected chi connectivity index (χ4v) is 3.61. The quantitative estimate of drug-likeness (QED) is 0.702. The summed E-state index contributed by atoms with van der Waals surface area (Å²) in [6.07, 6.45) is 3.14. The minimum atomic E-state index is 0.542. The third-order valence-corrected chi connectivity index (χ3v) is 4.92. The Hall–Kier alpha value is -2.55. The summed E-state index contributed by atoms with van der Waals surface area (Å²) in [6, 6.07) is 19.6. The first kappa shape index (κ1) is 15.0. The number of nitrogens with zero attached hydrogens (tertiary/aromatic N) is 2. The summed E-state index contributed by atoms with van der Waals surface area (Å²) in [6.45, 7) is 0. The molecule has 0 aliphatic heterocycles. The molecule has 3 nitrogen and oxygen atoms in total. The second-order valence-corrected chi connectivity index (χ2v) is 6.74. The van der Waals surface area contributed by atoms with E-state index in [9.17, 15) is 0 Å². The van der Waals surface area contributed by atoms with Gasteiger partial charge in [-0.2, -0.15) is 0 Å². The molecule has 3 aromatic rings. The third kappa shape index (κ3) is 2.71. The Balaban J connectivity index is 1.58. The van der Waals surface area contributed by atoms with Crippen molar-refractivity contribution in [2.24, 2.45) is 0 Å². The van der Waals surface area contributed by atoms with Crippen LogP contribution in [-0.4, -0.2) is 19.3 Å². The van der Waals surface area contributed by atoms with Crippen LogP contribution in [0.2, 0.25) is 0 Å². The van der Waals surface area contributed by atoms with Crippen molar-refractivity contribution >= 4 is 5.88 Å². The van der Waals surface area contributed by atoms with Crippen LogP contribution >= 0.6 is 0 Å². The van der Waals surface area contributed by atoms with E-state index in [1.807, 2.05) is 19.0 Å². The molecular formula is C21H22N2O. The molecule has 0 fully saturated rings. The van der Waals surface area contributed by atoms with E-state index in [0.29, 0.717) is 5.92 Å². The number of anilines is 1. The van der Waals surface area contributed by atoms with E-state index in [1.54, 1.807) is 0 Å². The first-order chi connectivity index (χ1) is 11.7. The van der Waals surface area contributed by atoms with E-state index in [0.717, 1.165) is 30.8 Å². The zero-order chi connectivity index (χ0) is 16.5. The predicted octanol–water partition coefficient (Wildman–Crippen LogP) is 4.68. The zero-order valence-electron chi connectivity index (χ0n) is 14.2. The van der Waals surface area contributed by atoms with Gasteiger partial charge < -0.3 is 9.42 Å². The number of aryl methyl sites for hydroxylation is 1. The lowest BCUT2D eigenvalue weighted by atomic mass is 9.82. The van der Waals surface area contributed by atoms with Gasteiger partial charge in [0.25, 0.3) is 0 Å². The van der Waals surface area contributed by atoms with Crippen molar-refractivity contribution in [2.45, 2.75) is 25.2 Å². The van der Waals surface area contributed by atoms with Crippen LogP contribution in [-0.2, 0) is 12.8 Å². The Bertz CT molecular complexity index is 819. The molecule has 0 N–H and O–H groups in total. The molecule has 0 radical (unpaired) electrons. The van der Waals surface area contributed by atoms with E-state index in [-0.39, 0.29) is 0 Å². The van der Waals surface area contributed by atoms with Gasteiger partial charge in [-0.25, -0.2) is 0 Å². The monoisotopic (exact) mass is 318 g/mol. The highest BCUT2D eigenvalue weighted by Crippen LogP contribution is 2.37. The van der Waals surface area contributed by atoms with E-state index in [4.69, 9.17) is 4.52 Å². The van der Waals surface area contributed by atoms with Crippen LogP contribution in [0.1, 0.15) is 29.2 Å². The minimum Gasteiger partial charge on any atom is -0.347 e. The number of hydrogen-bond acceptors (Lipinski definition) is 3. The van der Waals surface area contributed by atoms with Gasteiger partial charge in [-0.3, -0.25) is 0 Å². The molecule has 1 aromatic heterocycles. The zero-order valence-corrected chi connectivity index (χ0v) is 14.2. The molecule has 24 heavy (non-hydrogen) atoms. The molecule has 0 saturated heterocycles.